The van der Waals surface area contributed by atoms with Crippen molar-refractivity contribution in [3.63, 3.8) is 0 Å². The van der Waals surface area contributed by atoms with Crippen molar-refractivity contribution < 1.29 is 19.0 Å². The SMILES string of the molecule is Cc1c(-c2ccc(OCc3ccccc3)c(OCc3ccccc3)c2)oc2cc(O)ccc2c1=O. The Hall–Kier alpha value is -4.51. The zero-order valence-electron chi connectivity index (χ0n) is 19.2. The molecule has 0 fully saturated rings. The molecule has 35 heavy (non-hydrogen) atoms. The first kappa shape index (κ1) is 22.3. The van der Waals surface area contributed by atoms with Crippen LogP contribution in [0.3, 0.4) is 0 Å². The highest BCUT2D eigenvalue weighted by atomic mass is 16.5. The summed E-state index contributed by atoms with van der Waals surface area (Å²) in [5.74, 6) is 1.59. The quantitative estimate of drug-likeness (QED) is 0.293. The van der Waals surface area contributed by atoms with E-state index in [-0.39, 0.29) is 11.2 Å². The number of rotatable bonds is 7. The fourth-order valence-electron chi connectivity index (χ4n) is 3.90. The molecule has 174 valence electrons. The third kappa shape index (κ3) is 4.89. The first-order chi connectivity index (χ1) is 17.1. The lowest BCUT2D eigenvalue weighted by atomic mass is 10.0. The van der Waals surface area contributed by atoms with Crippen LogP contribution in [0.1, 0.15) is 16.7 Å². The summed E-state index contributed by atoms with van der Waals surface area (Å²) in [7, 11) is 0. The summed E-state index contributed by atoms with van der Waals surface area (Å²) in [6, 6.07) is 29.8. The van der Waals surface area contributed by atoms with Crippen molar-refractivity contribution >= 4 is 11.0 Å². The molecule has 0 aliphatic heterocycles. The van der Waals surface area contributed by atoms with Crippen LogP contribution in [-0.2, 0) is 13.2 Å². The molecule has 5 aromatic rings. The number of fused-ring (bicyclic) bond motifs is 1. The Morgan fingerprint density at radius 2 is 1.37 bits per heavy atom. The highest BCUT2D eigenvalue weighted by Gasteiger charge is 2.16. The van der Waals surface area contributed by atoms with Gasteiger partial charge in [0.25, 0.3) is 0 Å². The molecule has 0 atom stereocenters. The molecule has 5 heteroatoms. The van der Waals surface area contributed by atoms with E-state index in [4.69, 9.17) is 13.9 Å². The molecule has 1 heterocycles. The molecular formula is C30H24O5. The van der Waals surface area contributed by atoms with Crippen molar-refractivity contribution in [3.8, 4) is 28.6 Å². The van der Waals surface area contributed by atoms with Gasteiger partial charge >= 0.3 is 0 Å². The minimum absolute atomic E-state index is 0.0343. The molecule has 1 N–H and O–H groups in total. The summed E-state index contributed by atoms with van der Waals surface area (Å²) in [5.41, 5.74) is 3.41. The highest BCUT2D eigenvalue weighted by Crippen LogP contribution is 2.36. The average Bonchev–Trinajstić information content (AvgIpc) is 2.89. The van der Waals surface area contributed by atoms with Crippen molar-refractivity contribution in [1.82, 2.24) is 0 Å². The lowest BCUT2D eigenvalue weighted by Gasteiger charge is -2.15. The summed E-state index contributed by atoms with van der Waals surface area (Å²) in [6.07, 6.45) is 0. The van der Waals surface area contributed by atoms with Crippen LogP contribution >= 0.6 is 0 Å². The molecular weight excluding hydrogens is 440 g/mol. The van der Waals surface area contributed by atoms with Gasteiger partial charge in [0.05, 0.1) is 5.39 Å². The van der Waals surface area contributed by atoms with Gasteiger partial charge in [0.2, 0.25) is 0 Å². The number of benzene rings is 4. The van der Waals surface area contributed by atoms with Crippen LogP contribution in [0.15, 0.2) is 106 Å². The Morgan fingerprint density at radius 1 is 0.743 bits per heavy atom. The van der Waals surface area contributed by atoms with E-state index in [0.29, 0.717) is 52.6 Å². The standard InChI is InChI=1S/C30H24O5/c1-20-29(32)25-14-13-24(31)17-27(25)35-30(20)23-12-15-26(33-18-21-8-4-2-5-9-21)28(16-23)34-19-22-10-6-3-7-11-22/h2-17,31H,18-19H2,1H3. The van der Waals surface area contributed by atoms with Crippen molar-refractivity contribution in [3.05, 3.63) is 124 Å². The summed E-state index contributed by atoms with van der Waals surface area (Å²) in [6.45, 7) is 2.49. The third-order valence-corrected chi connectivity index (χ3v) is 5.78. The van der Waals surface area contributed by atoms with E-state index in [1.807, 2.05) is 78.9 Å². The second-order valence-electron chi connectivity index (χ2n) is 8.28. The lowest BCUT2D eigenvalue weighted by molar-refractivity contribution is 0.256. The largest absolute Gasteiger partial charge is 0.508 e. The first-order valence-corrected chi connectivity index (χ1v) is 11.3. The van der Waals surface area contributed by atoms with E-state index in [1.165, 1.54) is 12.1 Å². The Morgan fingerprint density at radius 3 is 2.03 bits per heavy atom. The minimum Gasteiger partial charge on any atom is -0.508 e. The van der Waals surface area contributed by atoms with Crippen LogP contribution < -0.4 is 14.9 Å². The maximum atomic E-state index is 13.0. The monoisotopic (exact) mass is 464 g/mol. The molecule has 0 spiro atoms. The zero-order valence-corrected chi connectivity index (χ0v) is 19.2. The Labute approximate surface area is 202 Å². The van der Waals surface area contributed by atoms with Crippen molar-refractivity contribution in [1.29, 1.82) is 0 Å². The van der Waals surface area contributed by atoms with Crippen molar-refractivity contribution in [2.75, 3.05) is 0 Å². The Bertz CT molecular complexity index is 1520. The van der Waals surface area contributed by atoms with Crippen LogP contribution in [-0.4, -0.2) is 5.11 Å². The number of hydrogen-bond donors (Lipinski definition) is 1. The molecule has 0 aliphatic rings. The Kier molecular flexibility index (Phi) is 6.22. The van der Waals surface area contributed by atoms with E-state index < -0.39 is 0 Å². The minimum atomic E-state index is -0.141. The van der Waals surface area contributed by atoms with Crippen LogP contribution in [0, 0.1) is 6.92 Å². The molecule has 0 saturated heterocycles. The number of phenolic OH excluding ortho intramolecular Hbond substituents is 1. The topological polar surface area (TPSA) is 68.9 Å². The molecule has 0 amide bonds. The van der Waals surface area contributed by atoms with Crippen molar-refractivity contribution in [2.45, 2.75) is 20.1 Å². The van der Waals surface area contributed by atoms with Crippen molar-refractivity contribution in [2.24, 2.45) is 0 Å². The average molecular weight is 465 g/mol. The van der Waals surface area contributed by atoms with Gasteiger partial charge in [-0.1, -0.05) is 60.7 Å². The van der Waals surface area contributed by atoms with Crippen LogP contribution in [0.4, 0.5) is 0 Å². The first-order valence-electron chi connectivity index (χ1n) is 11.3. The second kappa shape index (κ2) is 9.77. The molecule has 5 nitrogen and oxygen atoms in total. The smallest absolute Gasteiger partial charge is 0.196 e. The molecule has 1 aromatic heterocycles. The van der Waals surface area contributed by atoms with E-state index in [2.05, 4.69) is 0 Å². The third-order valence-electron chi connectivity index (χ3n) is 5.78. The number of hydrogen-bond acceptors (Lipinski definition) is 5. The normalized spacial score (nSPS) is 10.9. The number of phenols is 1. The maximum absolute atomic E-state index is 13.0. The van der Waals surface area contributed by atoms with Crippen LogP contribution in [0.25, 0.3) is 22.3 Å². The van der Waals surface area contributed by atoms with Gasteiger partial charge in [-0.2, -0.15) is 0 Å². The fraction of sp³-hybridized carbons (Fsp3) is 0.100. The number of ether oxygens (including phenoxy) is 2. The van der Waals surface area contributed by atoms with Gasteiger partial charge in [-0.15, -0.1) is 0 Å². The van der Waals surface area contributed by atoms with Gasteiger partial charge in [0.15, 0.2) is 16.9 Å². The summed E-state index contributed by atoms with van der Waals surface area (Å²) < 4.78 is 18.3. The highest BCUT2D eigenvalue weighted by molar-refractivity contribution is 5.81. The fourth-order valence-corrected chi connectivity index (χ4v) is 3.90. The van der Waals surface area contributed by atoms with E-state index in [1.54, 1.807) is 13.0 Å². The van der Waals surface area contributed by atoms with Gasteiger partial charge in [0.1, 0.15) is 30.3 Å². The maximum Gasteiger partial charge on any atom is 0.196 e. The van der Waals surface area contributed by atoms with Gasteiger partial charge in [-0.25, -0.2) is 0 Å². The predicted octanol–water partition coefficient (Wildman–Crippen LogP) is 6.63. The summed E-state index contributed by atoms with van der Waals surface area (Å²) >= 11 is 0. The zero-order chi connectivity index (χ0) is 24.2. The predicted molar refractivity (Wildman–Crippen MR) is 136 cm³/mol. The molecule has 0 bridgehead atoms. The van der Waals surface area contributed by atoms with Gasteiger partial charge in [0, 0.05) is 17.2 Å². The summed E-state index contributed by atoms with van der Waals surface area (Å²) in [5, 5.41) is 10.3. The van der Waals surface area contributed by atoms with E-state index in [9.17, 15) is 9.90 Å². The molecule has 0 unspecified atom stereocenters. The molecule has 0 aliphatic carbocycles. The molecule has 4 aromatic carbocycles. The number of aromatic hydroxyl groups is 1. The Balaban J connectivity index is 1.53. The van der Waals surface area contributed by atoms with E-state index in [0.717, 1.165) is 11.1 Å². The van der Waals surface area contributed by atoms with Gasteiger partial charge in [-0.05, 0) is 48.4 Å². The summed E-state index contributed by atoms with van der Waals surface area (Å²) in [4.78, 5) is 13.0. The van der Waals surface area contributed by atoms with E-state index >= 15 is 0 Å². The van der Waals surface area contributed by atoms with Crippen LogP contribution in [0.5, 0.6) is 17.2 Å². The lowest BCUT2D eigenvalue weighted by Crippen LogP contribution is -2.07. The second-order valence-corrected chi connectivity index (χ2v) is 8.28. The molecule has 5 rings (SSSR count). The molecule has 0 radical (unpaired) electrons. The molecule has 0 saturated carbocycles. The van der Waals surface area contributed by atoms with Gasteiger partial charge in [-0.3, -0.25) is 4.79 Å². The van der Waals surface area contributed by atoms with Crippen LogP contribution in [0.2, 0.25) is 0 Å². The van der Waals surface area contributed by atoms with Gasteiger partial charge < -0.3 is 19.0 Å².